The van der Waals surface area contributed by atoms with Crippen LogP contribution in [-0.2, 0) is 12.8 Å². The Kier molecular flexibility index (Phi) is 3.21. The Morgan fingerprint density at radius 2 is 1.93 bits per heavy atom. The standard InChI is InChI=1S/C12H17FN2/c13-5-8-15-6-3-10-1-2-12(14)9-11(10)4-7-15/h1-2,9H,3-8,14H2. The lowest BCUT2D eigenvalue weighted by molar-refractivity contribution is 0.258. The molecule has 1 aromatic rings. The van der Waals surface area contributed by atoms with Crippen LogP contribution in [0.15, 0.2) is 18.2 Å². The van der Waals surface area contributed by atoms with Gasteiger partial charge in [0, 0.05) is 25.3 Å². The molecule has 1 aliphatic heterocycles. The van der Waals surface area contributed by atoms with E-state index in [4.69, 9.17) is 5.73 Å². The average molecular weight is 208 g/mol. The number of benzene rings is 1. The normalized spacial score (nSPS) is 17.1. The van der Waals surface area contributed by atoms with E-state index in [1.807, 2.05) is 12.1 Å². The van der Waals surface area contributed by atoms with Gasteiger partial charge < -0.3 is 10.6 Å². The number of hydrogen-bond donors (Lipinski definition) is 1. The van der Waals surface area contributed by atoms with Gasteiger partial charge in [0.1, 0.15) is 6.67 Å². The molecule has 0 saturated heterocycles. The number of anilines is 1. The summed E-state index contributed by atoms with van der Waals surface area (Å²) < 4.78 is 12.2. The molecule has 0 saturated carbocycles. The molecule has 2 rings (SSSR count). The van der Waals surface area contributed by atoms with Crippen molar-refractivity contribution in [3.8, 4) is 0 Å². The van der Waals surface area contributed by atoms with Gasteiger partial charge in [0.25, 0.3) is 0 Å². The topological polar surface area (TPSA) is 29.3 Å². The fraction of sp³-hybridized carbons (Fsp3) is 0.500. The van der Waals surface area contributed by atoms with Crippen LogP contribution in [0.4, 0.5) is 10.1 Å². The van der Waals surface area contributed by atoms with E-state index in [0.29, 0.717) is 6.54 Å². The molecule has 82 valence electrons. The fourth-order valence-electron chi connectivity index (χ4n) is 2.13. The van der Waals surface area contributed by atoms with Crippen LogP contribution in [0, 0.1) is 0 Å². The van der Waals surface area contributed by atoms with Crippen LogP contribution in [0.2, 0.25) is 0 Å². The van der Waals surface area contributed by atoms with Crippen molar-refractivity contribution in [1.82, 2.24) is 4.90 Å². The molecule has 0 radical (unpaired) electrons. The molecule has 0 bridgehead atoms. The van der Waals surface area contributed by atoms with E-state index in [9.17, 15) is 4.39 Å². The molecule has 15 heavy (non-hydrogen) atoms. The molecule has 2 nitrogen and oxygen atoms in total. The Hall–Kier alpha value is -1.09. The van der Waals surface area contributed by atoms with E-state index in [2.05, 4.69) is 11.0 Å². The number of halogens is 1. The van der Waals surface area contributed by atoms with Gasteiger partial charge in [-0.3, -0.25) is 0 Å². The van der Waals surface area contributed by atoms with Crippen LogP contribution >= 0.6 is 0 Å². The number of alkyl halides is 1. The summed E-state index contributed by atoms with van der Waals surface area (Å²) in [5, 5.41) is 0. The van der Waals surface area contributed by atoms with Crippen molar-refractivity contribution < 1.29 is 4.39 Å². The molecular formula is C12H17FN2. The van der Waals surface area contributed by atoms with Gasteiger partial charge >= 0.3 is 0 Å². The summed E-state index contributed by atoms with van der Waals surface area (Å²) in [6, 6.07) is 6.10. The smallest absolute Gasteiger partial charge is 0.102 e. The van der Waals surface area contributed by atoms with E-state index in [-0.39, 0.29) is 6.67 Å². The molecule has 1 aromatic carbocycles. The van der Waals surface area contributed by atoms with Crippen LogP contribution in [-0.4, -0.2) is 31.2 Å². The van der Waals surface area contributed by atoms with E-state index >= 15 is 0 Å². The first-order chi connectivity index (χ1) is 7.29. The van der Waals surface area contributed by atoms with Gasteiger partial charge in [0.05, 0.1) is 0 Å². The molecule has 0 unspecified atom stereocenters. The van der Waals surface area contributed by atoms with Crippen LogP contribution in [0.3, 0.4) is 0 Å². The van der Waals surface area contributed by atoms with E-state index in [0.717, 1.165) is 31.6 Å². The maximum Gasteiger partial charge on any atom is 0.102 e. The fourth-order valence-corrected chi connectivity index (χ4v) is 2.13. The lowest BCUT2D eigenvalue weighted by Crippen LogP contribution is -2.28. The summed E-state index contributed by atoms with van der Waals surface area (Å²) >= 11 is 0. The first kappa shape index (κ1) is 10.4. The van der Waals surface area contributed by atoms with Crippen molar-refractivity contribution in [3.63, 3.8) is 0 Å². The minimum Gasteiger partial charge on any atom is -0.399 e. The molecule has 0 aliphatic carbocycles. The third-order valence-corrected chi connectivity index (χ3v) is 3.03. The minimum absolute atomic E-state index is 0.252. The van der Waals surface area contributed by atoms with Crippen molar-refractivity contribution in [2.75, 3.05) is 32.0 Å². The SMILES string of the molecule is Nc1ccc2c(c1)CCN(CCF)CC2. The zero-order valence-electron chi connectivity index (χ0n) is 8.88. The van der Waals surface area contributed by atoms with Crippen molar-refractivity contribution in [2.45, 2.75) is 12.8 Å². The van der Waals surface area contributed by atoms with Crippen molar-refractivity contribution >= 4 is 5.69 Å². The molecular weight excluding hydrogens is 191 g/mol. The average Bonchev–Trinajstić information content (AvgIpc) is 2.42. The zero-order valence-corrected chi connectivity index (χ0v) is 8.88. The lowest BCUT2D eigenvalue weighted by Gasteiger charge is -2.17. The van der Waals surface area contributed by atoms with E-state index < -0.39 is 0 Å². The molecule has 2 N–H and O–H groups in total. The molecule has 0 amide bonds. The molecule has 0 atom stereocenters. The van der Waals surface area contributed by atoms with Crippen LogP contribution < -0.4 is 5.73 Å². The van der Waals surface area contributed by atoms with E-state index in [1.165, 1.54) is 11.1 Å². The maximum absolute atomic E-state index is 12.2. The summed E-state index contributed by atoms with van der Waals surface area (Å²) in [5.74, 6) is 0. The largest absolute Gasteiger partial charge is 0.399 e. The van der Waals surface area contributed by atoms with Crippen LogP contribution in [0.1, 0.15) is 11.1 Å². The first-order valence-electron chi connectivity index (χ1n) is 5.45. The second-order valence-electron chi connectivity index (χ2n) is 4.06. The van der Waals surface area contributed by atoms with E-state index in [1.54, 1.807) is 0 Å². The molecule has 0 aromatic heterocycles. The second-order valence-corrected chi connectivity index (χ2v) is 4.06. The number of rotatable bonds is 2. The summed E-state index contributed by atoms with van der Waals surface area (Å²) in [6.07, 6.45) is 2.00. The van der Waals surface area contributed by atoms with Gasteiger partial charge in [-0.2, -0.15) is 0 Å². The Morgan fingerprint density at radius 3 is 2.67 bits per heavy atom. The van der Waals surface area contributed by atoms with Gasteiger partial charge in [-0.1, -0.05) is 6.07 Å². The third-order valence-electron chi connectivity index (χ3n) is 3.03. The van der Waals surface area contributed by atoms with Gasteiger partial charge in [0.15, 0.2) is 0 Å². The molecule has 0 spiro atoms. The number of nitrogens with two attached hydrogens (primary N) is 1. The first-order valence-corrected chi connectivity index (χ1v) is 5.45. The molecule has 3 heteroatoms. The highest BCUT2D eigenvalue weighted by Gasteiger charge is 2.13. The Bertz CT molecular complexity index is 338. The lowest BCUT2D eigenvalue weighted by atomic mass is 10.0. The zero-order chi connectivity index (χ0) is 10.7. The number of nitrogens with zero attached hydrogens (tertiary/aromatic N) is 1. The highest BCUT2D eigenvalue weighted by molar-refractivity contribution is 5.45. The maximum atomic E-state index is 12.2. The van der Waals surface area contributed by atoms with Crippen LogP contribution in [0.5, 0.6) is 0 Å². The third kappa shape index (κ3) is 2.48. The highest BCUT2D eigenvalue weighted by Crippen LogP contribution is 2.18. The van der Waals surface area contributed by atoms with Gasteiger partial charge in [-0.25, -0.2) is 4.39 Å². The molecule has 1 heterocycles. The number of hydrogen-bond acceptors (Lipinski definition) is 2. The van der Waals surface area contributed by atoms with Gasteiger partial charge in [0.2, 0.25) is 0 Å². The summed E-state index contributed by atoms with van der Waals surface area (Å²) in [4.78, 5) is 2.18. The molecule has 0 fully saturated rings. The monoisotopic (exact) mass is 208 g/mol. The second kappa shape index (κ2) is 4.62. The summed E-state index contributed by atoms with van der Waals surface area (Å²) in [6.45, 7) is 2.21. The Morgan fingerprint density at radius 1 is 1.20 bits per heavy atom. The van der Waals surface area contributed by atoms with Gasteiger partial charge in [-0.15, -0.1) is 0 Å². The number of fused-ring (bicyclic) bond motifs is 1. The highest BCUT2D eigenvalue weighted by atomic mass is 19.1. The quantitative estimate of drug-likeness (QED) is 0.749. The predicted octanol–water partition coefficient (Wildman–Crippen LogP) is 1.64. The van der Waals surface area contributed by atoms with Crippen molar-refractivity contribution in [2.24, 2.45) is 0 Å². The summed E-state index contributed by atoms with van der Waals surface area (Å²) in [5.41, 5.74) is 9.28. The Labute approximate surface area is 89.9 Å². The predicted molar refractivity (Wildman–Crippen MR) is 60.7 cm³/mol. The molecule has 1 aliphatic rings. The van der Waals surface area contributed by atoms with Crippen molar-refractivity contribution in [3.05, 3.63) is 29.3 Å². The Balaban J connectivity index is 2.11. The number of nitrogen functional groups attached to an aromatic ring is 1. The minimum atomic E-state index is -0.252. The summed E-state index contributed by atoms with van der Waals surface area (Å²) in [7, 11) is 0. The van der Waals surface area contributed by atoms with Crippen LogP contribution in [0.25, 0.3) is 0 Å². The van der Waals surface area contributed by atoms with Gasteiger partial charge in [-0.05, 0) is 36.1 Å². The van der Waals surface area contributed by atoms with Crippen molar-refractivity contribution in [1.29, 1.82) is 0 Å².